The Hall–Kier alpha value is -0.260. The van der Waals surface area contributed by atoms with Gasteiger partial charge >= 0.3 is 0 Å². The predicted molar refractivity (Wildman–Crippen MR) is 85.1 cm³/mol. The summed E-state index contributed by atoms with van der Waals surface area (Å²) in [6.45, 7) is 9.26. The van der Waals surface area contributed by atoms with Crippen LogP contribution in [0.15, 0.2) is 11.1 Å². The molecule has 0 bridgehead atoms. The van der Waals surface area contributed by atoms with Crippen molar-refractivity contribution >= 4 is 0 Å². The zero-order valence-electron chi connectivity index (χ0n) is 13.5. The van der Waals surface area contributed by atoms with E-state index in [0.29, 0.717) is 0 Å². The van der Waals surface area contributed by atoms with Crippen molar-refractivity contribution in [3.8, 4) is 0 Å². The largest absolute Gasteiger partial charge is 0.0710 e. The molecule has 0 rings (SSSR count). The highest BCUT2D eigenvalue weighted by Gasteiger charge is 2.06. The van der Waals surface area contributed by atoms with E-state index in [9.17, 15) is 0 Å². The maximum atomic E-state index is 2.31. The van der Waals surface area contributed by atoms with Crippen molar-refractivity contribution < 1.29 is 0 Å². The quantitative estimate of drug-likeness (QED) is 0.327. The maximum Gasteiger partial charge on any atom is -0.0318 e. The van der Waals surface area contributed by atoms with Crippen molar-refractivity contribution in [1.82, 2.24) is 0 Å². The Bertz CT molecular complexity index is 158. The first-order chi connectivity index (χ1) is 8.79. The standard InChI is InChI=1S/C18H36/c1-5-9-13-17(14-10-6-2)18(15-11-7-3)16-12-8-4/h5-16H2,1-4H3. The van der Waals surface area contributed by atoms with Gasteiger partial charge < -0.3 is 0 Å². The molecule has 0 spiro atoms. The lowest BCUT2D eigenvalue weighted by Gasteiger charge is -2.15. The molecule has 0 N–H and O–H groups in total. The van der Waals surface area contributed by atoms with Crippen LogP contribution in [-0.2, 0) is 0 Å². The van der Waals surface area contributed by atoms with Gasteiger partial charge in [0.15, 0.2) is 0 Å². The molecule has 18 heavy (non-hydrogen) atoms. The highest BCUT2D eigenvalue weighted by Crippen LogP contribution is 2.26. The van der Waals surface area contributed by atoms with Crippen molar-refractivity contribution in [2.24, 2.45) is 0 Å². The molecule has 0 aliphatic carbocycles. The number of allylic oxidation sites excluding steroid dienone is 2. The van der Waals surface area contributed by atoms with Crippen LogP contribution in [0.4, 0.5) is 0 Å². The second kappa shape index (κ2) is 13.2. The Morgan fingerprint density at radius 3 is 0.833 bits per heavy atom. The molecule has 0 aromatic heterocycles. The van der Waals surface area contributed by atoms with Crippen LogP contribution in [0.1, 0.15) is 105 Å². The summed E-state index contributed by atoms with van der Waals surface area (Å²) >= 11 is 0. The van der Waals surface area contributed by atoms with Crippen LogP contribution in [0.2, 0.25) is 0 Å². The van der Waals surface area contributed by atoms with E-state index in [2.05, 4.69) is 27.7 Å². The van der Waals surface area contributed by atoms with Crippen LogP contribution in [0.25, 0.3) is 0 Å². The lowest BCUT2D eigenvalue weighted by atomic mass is 9.91. The number of rotatable bonds is 12. The molecule has 0 amide bonds. The highest BCUT2D eigenvalue weighted by molar-refractivity contribution is 5.14. The molecule has 108 valence electrons. The molecule has 0 aromatic rings. The minimum Gasteiger partial charge on any atom is -0.0710 e. The van der Waals surface area contributed by atoms with Crippen molar-refractivity contribution in [2.45, 2.75) is 105 Å². The van der Waals surface area contributed by atoms with Crippen molar-refractivity contribution in [3.05, 3.63) is 11.1 Å². The topological polar surface area (TPSA) is 0 Å². The van der Waals surface area contributed by atoms with Gasteiger partial charge in [0.25, 0.3) is 0 Å². The SMILES string of the molecule is CCCCC(CCCC)=C(CCCC)CCCC. The molecule has 0 aliphatic rings. The van der Waals surface area contributed by atoms with Gasteiger partial charge in [0.05, 0.1) is 0 Å². The fraction of sp³-hybridized carbons (Fsp3) is 0.889. The lowest BCUT2D eigenvalue weighted by Crippen LogP contribution is -1.95. The van der Waals surface area contributed by atoms with Crippen LogP contribution in [-0.4, -0.2) is 0 Å². The van der Waals surface area contributed by atoms with E-state index in [0.717, 1.165) is 0 Å². The van der Waals surface area contributed by atoms with Gasteiger partial charge in [0, 0.05) is 0 Å². The molecule has 0 aromatic carbocycles. The Morgan fingerprint density at radius 1 is 0.444 bits per heavy atom. The van der Waals surface area contributed by atoms with Gasteiger partial charge in [-0.25, -0.2) is 0 Å². The van der Waals surface area contributed by atoms with Gasteiger partial charge in [0.1, 0.15) is 0 Å². The third kappa shape index (κ3) is 8.78. The minimum absolute atomic E-state index is 1.34. The third-order valence-electron chi connectivity index (χ3n) is 3.83. The molecule has 0 fully saturated rings. The first-order valence-electron chi connectivity index (χ1n) is 8.49. The maximum absolute atomic E-state index is 2.31. The summed E-state index contributed by atoms with van der Waals surface area (Å²) < 4.78 is 0. The highest BCUT2D eigenvalue weighted by atomic mass is 14.1. The minimum atomic E-state index is 1.34. The molecule has 0 saturated heterocycles. The third-order valence-corrected chi connectivity index (χ3v) is 3.83. The van der Waals surface area contributed by atoms with Crippen molar-refractivity contribution in [3.63, 3.8) is 0 Å². The van der Waals surface area contributed by atoms with Gasteiger partial charge in [-0.1, -0.05) is 64.5 Å². The van der Waals surface area contributed by atoms with Crippen LogP contribution in [0.5, 0.6) is 0 Å². The van der Waals surface area contributed by atoms with Gasteiger partial charge in [-0.2, -0.15) is 0 Å². The van der Waals surface area contributed by atoms with Gasteiger partial charge in [-0.15, -0.1) is 0 Å². The van der Waals surface area contributed by atoms with E-state index in [1.54, 1.807) is 0 Å². The van der Waals surface area contributed by atoms with Gasteiger partial charge in [-0.3, -0.25) is 0 Å². The lowest BCUT2D eigenvalue weighted by molar-refractivity contribution is 0.654. The number of hydrogen-bond donors (Lipinski definition) is 0. The van der Waals surface area contributed by atoms with Gasteiger partial charge in [-0.05, 0) is 51.4 Å². The van der Waals surface area contributed by atoms with E-state index in [1.807, 2.05) is 11.1 Å². The average molecular weight is 252 g/mol. The summed E-state index contributed by atoms with van der Waals surface area (Å²) in [5, 5.41) is 0. The number of hydrogen-bond acceptors (Lipinski definition) is 0. The van der Waals surface area contributed by atoms with Crippen LogP contribution in [0.3, 0.4) is 0 Å². The van der Waals surface area contributed by atoms with Crippen molar-refractivity contribution in [1.29, 1.82) is 0 Å². The molecule has 0 heterocycles. The molecule has 0 nitrogen and oxygen atoms in total. The monoisotopic (exact) mass is 252 g/mol. The molecule has 0 unspecified atom stereocenters. The fourth-order valence-electron chi connectivity index (χ4n) is 2.52. The molecule has 0 aliphatic heterocycles. The summed E-state index contributed by atoms with van der Waals surface area (Å²) in [4.78, 5) is 0. The first-order valence-corrected chi connectivity index (χ1v) is 8.49. The summed E-state index contributed by atoms with van der Waals surface area (Å²) in [6.07, 6.45) is 16.4. The normalized spacial score (nSPS) is 10.7. The van der Waals surface area contributed by atoms with Gasteiger partial charge in [0.2, 0.25) is 0 Å². The molecule has 0 saturated carbocycles. The van der Waals surface area contributed by atoms with Crippen LogP contribution < -0.4 is 0 Å². The van der Waals surface area contributed by atoms with Crippen LogP contribution >= 0.6 is 0 Å². The summed E-state index contributed by atoms with van der Waals surface area (Å²) in [7, 11) is 0. The van der Waals surface area contributed by atoms with Crippen molar-refractivity contribution in [2.75, 3.05) is 0 Å². The van der Waals surface area contributed by atoms with E-state index in [1.165, 1.54) is 77.0 Å². The smallest absolute Gasteiger partial charge is 0.0318 e. The Labute approximate surface area is 116 Å². The molecular weight excluding hydrogens is 216 g/mol. The number of unbranched alkanes of at least 4 members (excludes halogenated alkanes) is 4. The Kier molecular flexibility index (Phi) is 13.0. The fourth-order valence-corrected chi connectivity index (χ4v) is 2.52. The zero-order valence-corrected chi connectivity index (χ0v) is 13.5. The molecule has 0 heteroatoms. The summed E-state index contributed by atoms with van der Waals surface area (Å²) in [5.41, 5.74) is 3.67. The van der Waals surface area contributed by atoms with E-state index < -0.39 is 0 Å². The average Bonchev–Trinajstić information content (AvgIpc) is 2.40. The first kappa shape index (κ1) is 17.7. The zero-order chi connectivity index (χ0) is 13.6. The predicted octanol–water partition coefficient (Wildman–Crippen LogP) is 7.04. The Morgan fingerprint density at radius 2 is 0.667 bits per heavy atom. The molecule has 0 atom stereocenters. The van der Waals surface area contributed by atoms with E-state index in [4.69, 9.17) is 0 Å². The summed E-state index contributed by atoms with van der Waals surface area (Å²) in [6, 6.07) is 0. The van der Waals surface area contributed by atoms with Crippen LogP contribution in [0, 0.1) is 0 Å². The molecule has 0 radical (unpaired) electrons. The second-order valence-corrected chi connectivity index (χ2v) is 5.62. The second-order valence-electron chi connectivity index (χ2n) is 5.62. The Balaban J connectivity index is 4.59. The summed E-state index contributed by atoms with van der Waals surface area (Å²) in [5.74, 6) is 0. The van der Waals surface area contributed by atoms with E-state index >= 15 is 0 Å². The van der Waals surface area contributed by atoms with E-state index in [-0.39, 0.29) is 0 Å². The molecular formula is C18H36.